The van der Waals surface area contributed by atoms with Gasteiger partial charge in [-0.3, -0.25) is 4.79 Å². The SMILES string of the molecule is Cc1nn(CCC2CCCCN2)c(=O)c2ccccc12. The van der Waals surface area contributed by atoms with Crippen molar-refractivity contribution < 1.29 is 0 Å². The highest BCUT2D eigenvalue weighted by Gasteiger charge is 2.13. The van der Waals surface area contributed by atoms with Crippen LogP contribution in [-0.4, -0.2) is 22.4 Å². The Morgan fingerprint density at radius 3 is 2.85 bits per heavy atom. The predicted octanol–water partition coefficient (Wildman–Crippen LogP) is 2.24. The number of rotatable bonds is 3. The van der Waals surface area contributed by atoms with Crippen molar-refractivity contribution in [1.82, 2.24) is 15.1 Å². The molecule has 0 saturated carbocycles. The van der Waals surface area contributed by atoms with Crippen molar-refractivity contribution in [2.75, 3.05) is 6.54 Å². The Balaban J connectivity index is 1.84. The highest BCUT2D eigenvalue weighted by Crippen LogP contribution is 2.13. The molecule has 1 unspecified atom stereocenters. The van der Waals surface area contributed by atoms with Gasteiger partial charge in [0.2, 0.25) is 0 Å². The van der Waals surface area contributed by atoms with Crippen LogP contribution in [0.2, 0.25) is 0 Å². The number of nitrogens with one attached hydrogen (secondary N) is 1. The Kier molecular flexibility index (Phi) is 3.83. The zero-order valence-corrected chi connectivity index (χ0v) is 11.9. The van der Waals surface area contributed by atoms with E-state index in [4.69, 9.17) is 0 Å². The fraction of sp³-hybridized carbons (Fsp3) is 0.500. The van der Waals surface area contributed by atoms with E-state index in [9.17, 15) is 4.79 Å². The largest absolute Gasteiger partial charge is 0.314 e. The first kappa shape index (κ1) is 13.3. The summed E-state index contributed by atoms with van der Waals surface area (Å²) >= 11 is 0. The average Bonchev–Trinajstić information content (AvgIpc) is 2.50. The van der Waals surface area contributed by atoms with E-state index in [-0.39, 0.29) is 5.56 Å². The smallest absolute Gasteiger partial charge is 0.274 e. The van der Waals surface area contributed by atoms with Gasteiger partial charge in [-0.2, -0.15) is 5.10 Å². The number of aryl methyl sites for hydroxylation is 2. The standard InChI is InChI=1S/C16H21N3O/c1-12-14-7-2-3-8-15(14)16(20)19(18-12)11-9-13-6-4-5-10-17-13/h2-3,7-8,13,17H,4-6,9-11H2,1H3. The zero-order valence-electron chi connectivity index (χ0n) is 11.9. The van der Waals surface area contributed by atoms with Crippen molar-refractivity contribution in [3.63, 3.8) is 0 Å². The van der Waals surface area contributed by atoms with Gasteiger partial charge in [0.15, 0.2) is 0 Å². The van der Waals surface area contributed by atoms with Gasteiger partial charge in [0.1, 0.15) is 0 Å². The number of nitrogens with zero attached hydrogens (tertiary/aromatic N) is 2. The van der Waals surface area contributed by atoms with Gasteiger partial charge in [0.25, 0.3) is 5.56 Å². The first-order valence-corrected chi connectivity index (χ1v) is 7.45. The summed E-state index contributed by atoms with van der Waals surface area (Å²) in [5, 5.41) is 9.72. The van der Waals surface area contributed by atoms with Gasteiger partial charge in [-0.05, 0) is 38.8 Å². The third-order valence-electron chi connectivity index (χ3n) is 4.15. The van der Waals surface area contributed by atoms with Crippen LogP contribution in [0.1, 0.15) is 31.4 Å². The zero-order chi connectivity index (χ0) is 13.9. The minimum absolute atomic E-state index is 0.0296. The molecule has 1 aromatic carbocycles. The lowest BCUT2D eigenvalue weighted by Gasteiger charge is -2.23. The maximum atomic E-state index is 12.4. The predicted molar refractivity (Wildman–Crippen MR) is 81.0 cm³/mol. The molecule has 1 fully saturated rings. The summed E-state index contributed by atoms with van der Waals surface area (Å²) in [5.74, 6) is 0. The van der Waals surface area contributed by atoms with Crippen LogP contribution < -0.4 is 10.9 Å². The molecule has 4 nitrogen and oxygen atoms in total. The molecule has 3 rings (SSSR count). The molecule has 0 bridgehead atoms. The highest BCUT2D eigenvalue weighted by molar-refractivity contribution is 5.83. The Morgan fingerprint density at radius 1 is 1.30 bits per heavy atom. The number of aromatic nitrogens is 2. The summed E-state index contributed by atoms with van der Waals surface area (Å²) in [6, 6.07) is 8.25. The lowest BCUT2D eigenvalue weighted by Crippen LogP contribution is -2.36. The molecular formula is C16H21N3O. The molecule has 1 N–H and O–H groups in total. The molecule has 1 aliphatic heterocycles. The molecule has 1 saturated heterocycles. The third kappa shape index (κ3) is 2.61. The van der Waals surface area contributed by atoms with E-state index in [0.717, 1.165) is 29.4 Å². The highest BCUT2D eigenvalue weighted by atomic mass is 16.1. The van der Waals surface area contributed by atoms with Crippen LogP contribution in [0.5, 0.6) is 0 Å². The van der Waals surface area contributed by atoms with Crippen LogP contribution in [0.25, 0.3) is 10.8 Å². The second-order valence-corrected chi connectivity index (χ2v) is 5.59. The molecule has 0 radical (unpaired) electrons. The van der Waals surface area contributed by atoms with E-state index in [1.54, 1.807) is 4.68 Å². The maximum Gasteiger partial charge on any atom is 0.274 e. The van der Waals surface area contributed by atoms with Crippen molar-refractivity contribution in [3.8, 4) is 0 Å². The number of fused-ring (bicyclic) bond motifs is 1. The number of hydrogen-bond donors (Lipinski definition) is 1. The van der Waals surface area contributed by atoms with Crippen LogP contribution in [0.15, 0.2) is 29.1 Å². The molecule has 1 aromatic heterocycles. The molecule has 0 aliphatic carbocycles. The quantitative estimate of drug-likeness (QED) is 0.931. The Hall–Kier alpha value is -1.68. The van der Waals surface area contributed by atoms with Crippen molar-refractivity contribution in [2.45, 2.75) is 45.2 Å². The molecular weight excluding hydrogens is 250 g/mol. The van der Waals surface area contributed by atoms with Gasteiger partial charge in [0, 0.05) is 18.0 Å². The second-order valence-electron chi connectivity index (χ2n) is 5.59. The van der Waals surface area contributed by atoms with E-state index in [2.05, 4.69) is 10.4 Å². The summed E-state index contributed by atoms with van der Waals surface area (Å²) in [4.78, 5) is 12.4. The molecule has 0 spiro atoms. The molecule has 0 amide bonds. The fourth-order valence-corrected chi connectivity index (χ4v) is 3.00. The number of piperidine rings is 1. The van der Waals surface area contributed by atoms with Crippen molar-refractivity contribution in [2.24, 2.45) is 0 Å². The first-order chi connectivity index (χ1) is 9.75. The lowest BCUT2D eigenvalue weighted by atomic mass is 10.0. The van der Waals surface area contributed by atoms with Crippen LogP contribution in [0.3, 0.4) is 0 Å². The molecule has 20 heavy (non-hydrogen) atoms. The Bertz CT molecular complexity index is 656. The van der Waals surface area contributed by atoms with Gasteiger partial charge in [-0.25, -0.2) is 4.68 Å². The monoisotopic (exact) mass is 271 g/mol. The molecule has 2 aromatic rings. The molecule has 106 valence electrons. The van der Waals surface area contributed by atoms with Gasteiger partial charge in [0.05, 0.1) is 11.1 Å². The van der Waals surface area contributed by atoms with E-state index in [1.807, 2.05) is 31.2 Å². The lowest BCUT2D eigenvalue weighted by molar-refractivity contribution is 0.357. The minimum atomic E-state index is 0.0296. The van der Waals surface area contributed by atoms with E-state index < -0.39 is 0 Å². The van der Waals surface area contributed by atoms with E-state index in [1.165, 1.54) is 19.3 Å². The topological polar surface area (TPSA) is 46.9 Å². The van der Waals surface area contributed by atoms with Crippen molar-refractivity contribution in [3.05, 3.63) is 40.3 Å². The van der Waals surface area contributed by atoms with E-state index >= 15 is 0 Å². The van der Waals surface area contributed by atoms with Crippen LogP contribution >= 0.6 is 0 Å². The van der Waals surface area contributed by atoms with Crippen molar-refractivity contribution in [1.29, 1.82) is 0 Å². The molecule has 1 aliphatic rings. The maximum absolute atomic E-state index is 12.4. The normalized spacial score (nSPS) is 19.4. The third-order valence-corrected chi connectivity index (χ3v) is 4.15. The molecule has 2 heterocycles. The number of hydrogen-bond acceptors (Lipinski definition) is 3. The van der Waals surface area contributed by atoms with E-state index in [0.29, 0.717) is 12.6 Å². The summed E-state index contributed by atoms with van der Waals surface area (Å²) in [6.07, 6.45) is 4.74. The van der Waals surface area contributed by atoms with Gasteiger partial charge in [-0.1, -0.05) is 24.6 Å². The Morgan fingerprint density at radius 2 is 2.10 bits per heavy atom. The summed E-state index contributed by atoms with van der Waals surface area (Å²) in [7, 11) is 0. The average molecular weight is 271 g/mol. The van der Waals surface area contributed by atoms with Crippen LogP contribution in [0, 0.1) is 6.92 Å². The van der Waals surface area contributed by atoms with Gasteiger partial charge < -0.3 is 5.32 Å². The van der Waals surface area contributed by atoms with Gasteiger partial charge >= 0.3 is 0 Å². The number of benzene rings is 1. The fourth-order valence-electron chi connectivity index (χ4n) is 3.00. The molecule has 1 atom stereocenters. The van der Waals surface area contributed by atoms with Gasteiger partial charge in [-0.15, -0.1) is 0 Å². The van der Waals surface area contributed by atoms with Crippen molar-refractivity contribution >= 4 is 10.8 Å². The summed E-state index contributed by atoms with van der Waals surface area (Å²) in [5.41, 5.74) is 0.957. The second kappa shape index (κ2) is 5.75. The van der Waals surface area contributed by atoms with Crippen LogP contribution in [-0.2, 0) is 6.54 Å². The minimum Gasteiger partial charge on any atom is -0.314 e. The summed E-state index contributed by atoms with van der Waals surface area (Å²) < 4.78 is 1.63. The first-order valence-electron chi connectivity index (χ1n) is 7.45. The Labute approximate surface area is 118 Å². The van der Waals surface area contributed by atoms with Crippen LogP contribution in [0.4, 0.5) is 0 Å². The molecule has 4 heteroatoms. The summed E-state index contributed by atoms with van der Waals surface area (Å²) in [6.45, 7) is 3.77.